The number of hydrogen-bond donors (Lipinski definition) is 2. The monoisotopic (exact) mass is 452 g/mol. The van der Waals surface area contributed by atoms with Gasteiger partial charge in [-0.3, -0.25) is 9.52 Å². The molecule has 3 aromatic carbocycles. The molecular formula is C25H28N2O4S. The molecule has 0 radical (unpaired) electrons. The summed E-state index contributed by atoms with van der Waals surface area (Å²) in [7, 11) is -2.29. The number of benzene rings is 3. The van der Waals surface area contributed by atoms with Crippen molar-refractivity contribution >= 4 is 21.6 Å². The Balaban J connectivity index is 1.85. The predicted octanol–water partition coefficient (Wildman–Crippen LogP) is 4.91. The Labute approximate surface area is 189 Å². The van der Waals surface area contributed by atoms with Crippen LogP contribution in [0.3, 0.4) is 0 Å². The molecule has 0 aliphatic rings. The van der Waals surface area contributed by atoms with Gasteiger partial charge < -0.3 is 10.1 Å². The summed E-state index contributed by atoms with van der Waals surface area (Å²) in [4.78, 5) is 13.0. The van der Waals surface area contributed by atoms with E-state index in [1.807, 2.05) is 51.1 Å². The Hall–Kier alpha value is -3.32. The van der Waals surface area contributed by atoms with Crippen molar-refractivity contribution in [2.75, 3.05) is 11.8 Å². The van der Waals surface area contributed by atoms with Crippen LogP contribution in [-0.2, 0) is 10.0 Å². The molecule has 0 aliphatic heterocycles. The molecule has 32 heavy (non-hydrogen) atoms. The summed E-state index contributed by atoms with van der Waals surface area (Å²) < 4.78 is 34.1. The molecule has 0 aliphatic carbocycles. The van der Waals surface area contributed by atoms with E-state index in [-0.39, 0.29) is 22.4 Å². The molecule has 2 N–H and O–H groups in total. The quantitative estimate of drug-likeness (QED) is 0.533. The number of aryl methyl sites for hydroxylation is 3. The predicted molar refractivity (Wildman–Crippen MR) is 127 cm³/mol. The first-order valence-corrected chi connectivity index (χ1v) is 11.7. The summed E-state index contributed by atoms with van der Waals surface area (Å²) in [5, 5.41) is 2.91. The number of anilines is 1. The summed E-state index contributed by atoms with van der Waals surface area (Å²) in [6, 6.07) is 17.1. The van der Waals surface area contributed by atoms with E-state index in [4.69, 9.17) is 4.74 Å². The second kappa shape index (κ2) is 9.44. The summed E-state index contributed by atoms with van der Waals surface area (Å²) in [6.45, 7) is 7.44. The minimum atomic E-state index is -3.87. The number of sulfonamides is 1. The highest BCUT2D eigenvalue weighted by molar-refractivity contribution is 7.92. The van der Waals surface area contributed by atoms with Gasteiger partial charge in [0.05, 0.1) is 18.0 Å². The Morgan fingerprint density at radius 2 is 1.59 bits per heavy atom. The topological polar surface area (TPSA) is 84.5 Å². The number of para-hydroxylation sites is 1. The lowest BCUT2D eigenvalue weighted by atomic mass is 10.1. The standard InChI is InChI=1S/C25H28N2O4S/c1-16-11-13-21(14-18(16)3)27-32(29,30)24-15-20(12-10-17(24)2)25(28)26-19(4)22-8-6-7-9-23(22)31-5/h6-15,19,27H,1-5H3,(H,26,28). The largest absolute Gasteiger partial charge is 0.496 e. The lowest BCUT2D eigenvalue weighted by molar-refractivity contribution is 0.0939. The molecule has 1 atom stereocenters. The van der Waals surface area contributed by atoms with Gasteiger partial charge in [-0.2, -0.15) is 0 Å². The number of methoxy groups -OCH3 is 1. The normalized spacial score (nSPS) is 12.2. The molecule has 168 valence electrons. The van der Waals surface area contributed by atoms with Crippen LogP contribution in [0.25, 0.3) is 0 Å². The van der Waals surface area contributed by atoms with E-state index in [1.54, 1.807) is 38.3 Å². The Kier molecular flexibility index (Phi) is 6.89. The zero-order valence-corrected chi connectivity index (χ0v) is 19.7. The van der Waals surface area contributed by atoms with Crippen LogP contribution in [0.5, 0.6) is 5.75 Å². The van der Waals surface area contributed by atoms with Crippen molar-refractivity contribution in [3.8, 4) is 5.75 Å². The zero-order valence-electron chi connectivity index (χ0n) is 18.9. The summed E-state index contributed by atoms with van der Waals surface area (Å²) in [6.07, 6.45) is 0. The first-order valence-electron chi connectivity index (χ1n) is 10.3. The van der Waals surface area contributed by atoms with Crippen molar-refractivity contribution in [1.82, 2.24) is 5.32 Å². The number of carbonyl (C=O) groups excluding carboxylic acids is 1. The summed E-state index contributed by atoms with van der Waals surface area (Å²) >= 11 is 0. The van der Waals surface area contributed by atoms with Crippen molar-refractivity contribution < 1.29 is 17.9 Å². The third-order valence-corrected chi connectivity index (χ3v) is 6.98. The number of carbonyl (C=O) groups is 1. The van der Waals surface area contributed by atoms with Gasteiger partial charge >= 0.3 is 0 Å². The molecule has 7 heteroatoms. The molecular weight excluding hydrogens is 424 g/mol. The Morgan fingerprint density at radius 1 is 0.906 bits per heavy atom. The average Bonchev–Trinajstić information content (AvgIpc) is 2.76. The van der Waals surface area contributed by atoms with Gasteiger partial charge in [0.15, 0.2) is 0 Å². The highest BCUT2D eigenvalue weighted by Crippen LogP contribution is 2.26. The van der Waals surface area contributed by atoms with E-state index in [0.29, 0.717) is 17.0 Å². The second-order valence-electron chi connectivity index (χ2n) is 7.82. The van der Waals surface area contributed by atoms with Gasteiger partial charge in [0.2, 0.25) is 0 Å². The number of rotatable bonds is 7. The molecule has 1 unspecified atom stereocenters. The van der Waals surface area contributed by atoms with Crippen LogP contribution in [0.1, 0.15) is 45.6 Å². The maximum Gasteiger partial charge on any atom is 0.262 e. The minimum absolute atomic E-state index is 0.0633. The number of amides is 1. The Bertz CT molecular complexity index is 1250. The number of nitrogens with one attached hydrogen (secondary N) is 2. The second-order valence-corrected chi connectivity index (χ2v) is 9.47. The molecule has 0 saturated carbocycles. The van der Waals surface area contributed by atoms with Crippen molar-refractivity contribution in [3.05, 3.63) is 88.5 Å². The lowest BCUT2D eigenvalue weighted by Gasteiger charge is -2.18. The van der Waals surface area contributed by atoms with Crippen molar-refractivity contribution in [2.24, 2.45) is 0 Å². The molecule has 0 spiro atoms. The van der Waals surface area contributed by atoms with Crippen LogP contribution in [0, 0.1) is 20.8 Å². The maximum absolute atomic E-state index is 13.1. The molecule has 3 rings (SSSR count). The SMILES string of the molecule is COc1ccccc1C(C)NC(=O)c1ccc(C)c(S(=O)(=O)Nc2ccc(C)c(C)c2)c1. The summed E-state index contributed by atoms with van der Waals surface area (Å²) in [5.74, 6) is 0.302. The lowest BCUT2D eigenvalue weighted by Crippen LogP contribution is -2.27. The van der Waals surface area contributed by atoms with Crippen molar-refractivity contribution in [3.63, 3.8) is 0 Å². The van der Waals surface area contributed by atoms with E-state index >= 15 is 0 Å². The first-order chi connectivity index (χ1) is 15.1. The molecule has 0 aromatic heterocycles. The smallest absolute Gasteiger partial charge is 0.262 e. The van der Waals surface area contributed by atoms with Crippen LogP contribution in [0.15, 0.2) is 65.6 Å². The van der Waals surface area contributed by atoms with Gasteiger partial charge in [-0.05, 0) is 74.7 Å². The van der Waals surface area contributed by atoms with E-state index in [1.165, 1.54) is 6.07 Å². The minimum Gasteiger partial charge on any atom is -0.496 e. The maximum atomic E-state index is 13.1. The molecule has 1 amide bonds. The van der Waals surface area contributed by atoms with Crippen LogP contribution >= 0.6 is 0 Å². The molecule has 0 saturated heterocycles. The van der Waals surface area contributed by atoms with Gasteiger partial charge in [0.25, 0.3) is 15.9 Å². The van der Waals surface area contributed by atoms with Gasteiger partial charge in [0.1, 0.15) is 5.75 Å². The van der Waals surface area contributed by atoms with Gasteiger partial charge in [-0.1, -0.05) is 30.3 Å². The van der Waals surface area contributed by atoms with Gasteiger partial charge in [-0.25, -0.2) is 8.42 Å². The van der Waals surface area contributed by atoms with Gasteiger partial charge in [-0.15, -0.1) is 0 Å². The molecule has 6 nitrogen and oxygen atoms in total. The fourth-order valence-electron chi connectivity index (χ4n) is 3.43. The fourth-order valence-corrected chi connectivity index (χ4v) is 4.75. The van der Waals surface area contributed by atoms with Crippen LogP contribution < -0.4 is 14.8 Å². The molecule has 3 aromatic rings. The average molecular weight is 453 g/mol. The van der Waals surface area contributed by atoms with Gasteiger partial charge in [0, 0.05) is 16.8 Å². The zero-order chi connectivity index (χ0) is 23.5. The van der Waals surface area contributed by atoms with Crippen LogP contribution in [-0.4, -0.2) is 21.4 Å². The van der Waals surface area contributed by atoms with E-state index < -0.39 is 10.0 Å². The van der Waals surface area contributed by atoms with Crippen LogP contribution in [0.2, 0.25) is 0 Å². The third-order valence-electron chi connectivity index (χ3n) is 5.45. The highest BCUT2D eigenvalue weighted by atomic mass is 32.2. The number of ether oxygens (including phenoxy) is 1. The summed E-state index contributed by atoms with van der Waals surface area (Å²) in [5.41, 5.74) is 4.19. The fraction of sp³-hybridized carbons (Fsp3) is 0.240. The van der Waals surface area contributed by atoms with E-state index in [0.717, 1.165) is 16.7 Å². The molecule has 0 heterocycles. The van der Waals surface area contributed by atoms with E-state index in [9.17, 15) is 13.2 Å². The van der Waals surface area contributed by atoms with E-state index in [2.05, 4.69) is 10.0 Å². The first kappa shape index (κ1) is 23.3. The molecule has 0 fully saturated rings. The molecule has 0 bridgehead atoms. The third kappa shape index (κ3) is 5.11. The van der Waals surface area contributed by atoms with Crippen LogP contribution in [0.4, 0.5) is 5.69 Å². The van der Waals surface area contributed by atoms with Crippen molar-refractivity contribution in [2.45, 2.75) is 38.6 Å². The highest BCUT2D eigenvalue weighted by Gasteiger charge is 2.21. The number of hydrogen-bond acceptors (Lipinski definition) is 4. The van der Waals surface area contributed by atoms with Crippen molar-refractivity contribution in [1.29, 1.82) is 0 Å². The Morgan fingerprint density at radius 3 is 2.28 bits per heavy atom.